The number of fused-ring (bicyclic) bond motifs is 6. The largest absolute Gasteiger partial charge is 0.493 e. The van der Waals surface area contributed by atoms with Crippen molar-refractivity contribution in [3.8, 4) is 34.3 Å². The van der Waals surface area contributed by atoms with Gasteiger partial charge in [0.05, 0.1) is 30.9 Å². The molecule has 2 aliphatic rings. The SMILES string of the molecule is COc1cc2c3c(n(CCCCN)c(=O)c2cc1OC)-c1cc2c(cc1C3=O)OCO2.Cl. The standard InChI is InChI=1S/C23H22N2O6.ClH/c1-28-16-7-12-15(10-17(16)29-2)23(27)25(6-4-3-5-24)21-13-8-18-19(31-11-30-18)9-14(13)22(26)20(12)21;/h7-10H,3-6,11,24H2,1-2H3;1H. The first-order valence-corrected chi connectivity index (χ1v) is 10.1. The average Bonchev–Trinajstić information content (AvgIpc) is 3.36. The highest BCUT2D eigenvalue weighted by atomic mass is 35.5. The van der Waals surface area contributed by atoms with Crippen LogP contribution in [0.2, 0.25) is 0 Å². The van der Waals surface area contributed by atoms with Crippen molar-refractivity contribution in [3.63, 3.8) is 0 Å². The Labute approximate surface area is 190 Å². The van der Waals surface area contributed by atoms with Crippen LogP contribution in [-0.4, -0.2) is 37.9 Å². The Hall–Kier alpha value is -3.23. The van der Waals surface area contributed by atoms with E-state index in [2.05, 4.69) is 0 Å². The molecule has 1 aromatic heterocycles. The third-order valence-electron chi connectivity index (χ3n) is 5.85. The molecule has 2 aromatic carbocycles. The molecule has 1 aliphatic heterocycles. The molecule has 0 unspecified atom stereocenters. The first kappa shape index (κ1) is 22.0. The molecular weight excluding hydrogens is 436 g/mol. The van der Waals surface area contributed by atoms with Crippen LogP contribution in [-0.2, 0) is 6.54 Å². The van der Waals surface area contributed by atoms with Crippen LogP contribution in [0.25, 0.3) is 22.0 Å². The lowest BCUT2D eigenvalue weighted by molar-refractivity contribution is 0.104. The minimum Gasteiger partial charge on any atom is -0.493 e. The summed E-state index contributed by atoms with van der Waals surface area (Å²) in [5.74, 6) is 1.82. The molecule has 0 amide bonds. The van der Waals surface area contributed by atoms with Crippen molar-refractivity contribution >= 4 is 29.0 Å². The maximum Gasteiger partial charge on any atom is 0.259 e. The number of carbonyl (C=O) groups excluding carboxylic acids is 1. The van der Waals surface area contributed by atoms with Gasteiger partial charge in [-0.3, -0.25) is 9.59 Å². The van der Waals surface area contributed by atoms with Crippen molar-refractivity contribution < 1.29 is 23.7 Å². The fourth-order valence-corrected chi connectivity index (χ4v) is 4.37. The molecule has 0 saturated carbocycles. The number of hydrogen-bond donors (Lipinski definition) is 1. The second kappa shape index (κ2) is 8.37. The number of aromatic nitrogens is 1. The number of ketones is 1. The molecule has 2 heterocycles. The number of ether oxygens (including phenoxy) is 4. The quantitative estimate of drug-likeness (QED) is 0.443. The molecule has 1 aliphatic carbocycles. The van der Waals surface area contributed by atoms with Crippen LogP contribution >= 0.6 is 12.4 Å². The number of nitrogens with zero attached hydrogens (tertiary/aromatic N) is 1. The summed E-state index contributed by atoms with van der Waals surface area (Å²) in [5.41, 5.74) is 7.71. The van der Waals surface area contributed by atoms with E-state index in [4.69, 9.17) is 24.7 Å². The van der Waals surface area contributed by atoms with Gasteiger partial charge >= 0.3 is 0 Å². The first-order chi connectivity index (χ1) is 15.1. The van der Waals surface area contributed by atoms with Crippen LogP contribution in [0.4, 0.5) is 0 Å². The number of unbranched alkanes of at least 4 members (excludes halogenated alkanes) is 1. The molecule has 32 heavy (non-hydrogen) atoms. The molecule has 0 bridgehead atoms. The molecule has 8 nitrogen and oxygen atoms in total. The van der Waals surface area contributed by atoms with Gasteiger partial charge in [0.2, 0.25) is 6.79 Å². The summed E-state index contributed by atoms with van der Waals surface area (Å²) in [6.45, 7) is 1.09. The van der Waals surface area contributed by atoms with Crippen LogP contribution < -0.4 is 30.2 Å². The molecule has 0 spiro atoms. The third-order valence-corrected chi connectivity index (χ3v) is 5.85. The molecule has 0 fully saturated rings. The van der Waals surface area contributed by atoms with E-state index < -0.39 is 0 Å². The molecule has 5 rings (SSSR count). The Balaban J connectivity index is 0.00000245. The van der Waals surface area contributed by atoms with Crippen molar-refractivity contribution in [2.75, 3.05) is 27.6 Å². The Morgan fingerprint density at radius 2 is 1.56 bits per heavy atom. The van der Waals surface area contributed by atoms with Gasteiger partial charge in [-0.15, -0.1) is 12.4 Å². The van der Waals surface area contributed by atoms with E-state index in [1.54, 1.807) is 28.8 Å². The van der Waals surface area contributed by atoms with E-state index in [1.807, 2.05) is 0 Å². The van der Waals surface area contributed by atoms with Crippen LogP contribution in [0, 0.1) is 0 Å². The summed E-state index contributed by atoms with van der Waals surface area (Å²) in [4.78, 5) is 27.1. The number of methoxy groups -OCH3 is 2. The maximum absolute atomic E-state index is 13.6. The van der Waals surface area contributed by atoms with Crippen molar-refractivity contribution in [1.82, 2.24) is 4.57 Å². The smallest absolute Gasteiger partial charge is 0.259 e. The summed E-state index contributed by atoms with van der Waals surface area (Å²) in [7, 11) is 3.03. The summed E-state index contributed by atoms with van der Waals surface area (Å²) < 4.78 is 23.5. The van der Waals surface area contributed by atoms with E-state index in [0.29, 0.717) is 69.2 Å². The lowest BCUT2D eigenvalue weighted by atomic mass is 10.0. The highest BCUT2D eigenvalue weighted by Gasteiger charge is 2.35. The Kier molecular flexibility index (Phi) is 5.75. The lowest BCUT2D eigenvalue weighted by Gasteiger charge is -2.16. The van der Waals surface area contributed by atoms with Crippen molar-refractivity contribution in [2.24, 2.45) is 5.73 Å². The monoisotopic (exact) mass is 458 g/mol. The number of pyridine rings is 1. The lowest BCUT2D eigenvalue weighted by Crippen LogP contribution is -2.24. The maximum atomic E-state index is 13.6. The zero-order chi connectivity index (χ0) is 21.7. The Bertz CT molecular complexity index is 1300. The molecule has 3 aromatic rings. The zero-order valence-corrected chi connectivity index (χ0v) is 18.5. The van der Waals surface area contributed by atoms with Crippen LogP contribution in [0.3, 0.4) is 0 Å². The summed E-state index contributed by atoms with van der Waals surface area (Å²) in [6.07, 6.45) is 1.49. The molecule has 2 N–H and O–H groups in total. The predicted molar refractivity (Wildman–Crippen MR) is 122 cm³/mol. The fourth-order valence-electron chi connectivity index (χ4n) is 4.37. The van der Waals surface area contributed by atoms with Crippen LogP contribution in [0.5, 0.6) is 23.0 Å². The Morgan fingerprint density at radius 1 is 0.938 bits per heavy atom. The van der Waals surface area contributed by atoms with Gasteiger partial charge in [-0.2, -0.15) is 0 Å². The number of carbonyl (C=O) groups is 1. The topological polar surface area (TPSA) is 102 Å². The van der Waals surface area contributed by atoms with Crippen molar-refractivity contribution in [1.29, 1.82) is 0 Å². The summed E-state index contributed by atoms with van der Waals surface area (Å²) in [6, 6.07) is 6.82. The summed E-state index contributed by atoms with van der Waals surface area (Å²) in [5, 5.41) is 0.946. The van der Waals surface area contributed by atoms with Crippen molar-refractivity contribution in [2.45, 2.75) is 19.4 Å². The molecule has 0 atom stereocenters. The van der Waals surface area contributed by atoms with E-state index in [0.717, 1.165) is 12.8 Å². The minimum absolute atomic E-state index is 0. The minimum atomic E-state index is -0.190. The van der Waals surface area contributed by atoms with Gasteiger partial charge in [0.1, 0.15) is 0 Å². The molecular formula is C23H23ClN2O6. The first-order valence-electron chi connectivity index (χ1n) is 10.1. The van der Waals surface area contributed by atoms with Gasteiger partial charge in [-0.25, -0.2) is 0 Å². The predicted octanol–water partition coefficient (Wildman–Crippen LogP) is 3.12. The van der Waals surface area contributed by atoms with E-state index in [-0.39, 0.29) is 30.5 Å². The number of rotatable bonds is 6. The highest BCUT2D eigenvalue weighted by molar-refractivity contribution is 6.27. The van der Waals surface area contributed by atoms with Gasteiger partial charge in [0.15, 0.2) is 28.8 Å². The second-order valence-corrected chi connectivity index (χ2v) is 7.51. The number of hydrogen-bond acceptors (Lipinski definition) is 7. The summed E-state index contributed by atoms with van der Waals surface area (Å²) >= 11 is 0. The van der Waals surface area contributed by atoms with Crippen LogP contribution in [0.1, 0.15) is 28.8 Å². The van der Waals surface area contributed by atoms with Gasteiger partial charge in [-0.1, -0.05) is 0 Å². The number of nitrogens with two attached hydrogens (primary N) is 1. The number of halogens is 1. The van der Waals surface area contributed by atoms with Gasteiger partial charge in [-0.05, 0) is 43.7 Å². The second-order valence-electron chi connectivity index (χ2n) is 7.51. The Morgan fingerprint density at radius 3 is 2.19 bits per heavy atom. The molecule has 0 radical (unpaired) electrons. The highest BCUT2D eigenvalue weighted by Crippen LogP contribution is 2.46. The normalized spacial score (nSPS) is 13.0. The average molecular weight is 459 g/mol. The molecule has 9 heteroatoms. The van der Waals surface area contributed by atoms with E-state index >= 15 is 0 Å². The van der Waals surface area contributed by atoms with E-state index in [1.165, 1.54) is 14.2 Å². The van der Waals surface area contributed by atoms with Gasteiger partial charge in [0.25, 0.3) is 5.56 Å². The van der Waals surface area contributed by atoms with Crippen molar-refractivity contribution in [3.05, 3.63) is 45.7 Å². The van der Waals surface area contributed by atoms with Gasteiger partial charge in [0, 0.05) is 23.1 Å². The van der Waals surface area contributed by atoms with Gasteiger partial charge < -0.3 is 29.2 Å². The van der Waals surface area contributed by atoms with E-state index in [9.17, 15) is 9.59 Å². The molecule has 0 saturated heterocycles. The van der Waals surface area contributed by atoms with Crippen LogP contribution in [0.15, 0.2) is 29.1 Å². The molecule has 168 valence electrons. The number of benzene rings is 2. The zero-order valence-electron chi connectivity index (χ0n) is 17.7. The third kappa shape index (κ3) is 3.10. The fraction of sp³-hybridized carbons (Fsp3) is 0.304.